The Hall–Kier alpha value is -4.53. The van der Waals surface area contributed by atoms with Crippen molar-refractivity contribution in [3.05, 3.63) is 99.9 Å². The first kappa shape index (κ1) is 22.7. The van der Waals surface area contributed by atoms with Gasteiger partial charge in [-0.05, 0) is 37.6 Å². The third kappa shape index (κ3) is 4.78. The van der Waals surface area contributed by atoms with Gasteiger partial charge in [0.15, 0.2) is 0 Å². The third-order valence-electron chi connectivity index (χ3n) is 5.33. The SMILES string of the molecule is Cc1ccc(NC(=O)C(OC(=O)Cn2c(C)nc3ccccc32)c2ccccc2)c([N+](=O)[O-])c1. The summed E-state index contributed by atoms with van der Waals surface area (Å²) in [6.07, 6.45) is -1.30. The second-order valence-corrected chi connectivity index (χ2v) is 7.78. The van der Waals surface area contributed by atoms with Gasteiger partial charge in [-0.1, -0.05) is 48.5 Å². The molecule has 0 saturated heterocycles. The number of benzene rings is 3. The molecule has 1 atom stereocenters. The van der Waals surface area contributed by atoms with Crippen molar-refractivity contribution in [2.75, 3.05) is 5.32 Å². The number of para-hydroxylation sites is 2. The van der Waals surface area contributed by atoms with Crippen LogP contribution in [0.25, 0.3) is 11.0 Å². The number of fused-ring (bicyclic) bond motifs is 1. The Kier molecular flexibility index (Phi) is 6.35. The summed E-state index contributed by atoms with van der Waals surface area (Å²) in [4.78, 5) is 41.4. The molecule has 0 saturated carbocycles. The normalized spacial score (nSPS) is 11.7. The van der Waals surface area contributed by atoms with Crippen LogP contribution in [0.1, 0.15) is 23.1 Å². The molecule has 0 bridgehead atoms. The number of aryl methyl sites for hydroxylation is 2. The van der Waals surface area contributed by atoms with Crippen LogP contribution in [-0.4, -0.2) is 26.4 Å². The predicted molar refractivity (Wildman–Crippen MR) is 126 cm³/mol. The molecule has 1 N–H and O–H groups in total. The van der Waals surface area contributed by atoms with Gasteiger partial charge in [-0.2, -0.15) is 0 Å². The smallest absolute Gasteiger partial charge is 0.327 e. The second-order valence-electron chi connectivity index (χ2n) is 7.78. The lowest BCUT2D eigenvalue weighted by atomic mass is 10.1. The highest BCUT2D eigenvalue weighted by Crippen LogP contribution is 2.28. The monoisotopic (exact) mass is 458 g/mol. The van der Waals surface area contributed by atoms with Crippen LogP contribution < -0.4 is 5.32 Å². The number of rotatable bonds is 7. The lowest BCUT2D eigenvalue weighted by Gasteiger charge is -2.19. The first-order chi connectivity index (χ1) is 16.3. The van der Waals surface area contributed by atoms with Gasteiger partial charge >= 0.3 is 5.97 Å². The van der Waals surface area contributed by atoms with Crippen LogP contribution in [0.4, 0.5) is 11.4 Å². The Balaban J connectivity index is 1.60. The van der Waals surface area contributed by atoms with Gasteiger partial charge in [0.25, 0.3) is 11.6 Å². The minimum atomic E-state index is -1.30. The highest BCUT2D eigenvalue weighted by atomic mass is 16.6. The highest BCUT2D eigenvalue weighted by molar-refractivity contribution is 5.97. The van der Waals surface area contributed by atoms with Gasteiger partial charge in [0, 0.05) is 11.6 Å². The van der Waals surface area contributed by atoms with Crippen molar-refractivity contribution in [3.8, 4) is 0 Å². The van der Waals surface area contributed by atoms with Crippen LogP contribution >= 0.6 is 0 Å². The van der Waals surface area contributed by atoms with Gasteiger partial charge in [-0.3, -0.25) is 19.7 Å². The number of anilines is 1. The number of aromatic nitrogens is 2. The summed E-state index contributed by atoms with van der Waals surface area (Å²) in [7, 11) is 0. The number of hydrogen-bond acceptors (Lipinski definition) is 6. The van der Waals surface area contributed by atoms with Crippen molar-refractivity contribution in [3.63, 3.8) is 0 Å². The molecule has 1 unspecified atom stereocenters. The molecule has 0 spiro atoms. The van der Waals surface area contributed by atoms with E-state index in [0.29, 0.717) is 17.0 Å². The van der Waals surface area contributed by atoms with Crippen LogP contribution in [0, 0.1) is 24.0 Å². The molecule has 9 heteroatoms. The number of carbonyl (C=O) groups excluding carboxylic acids is 2. The van der Waals surface area contributed by atoms with Crippen molar-refractivity contribution in [2.45, 2.75) is 26.5 Å². The van der Waals surface area contributed by atoms with E-state index in [4.69, 9.17) is 4.74 Å². The maximum atomic E-state index is 13.2. The highest BCUT2D eigenvalue weighted by Gasteiger charge is 2.28. The number of carbonyl (C=O) groups is 2. The summed E-state index contributed by atoms with van der Waals surface area (Å²) in [5.41, 5.74) is 2.42. The van der Waals surface area contributed by atoms with E-state index in [0.717, 1.165) is 11.0 Å². The summed E-state index contributed by atoms with van der Waals surface area (Å²) in [5, 5.41) is 14.0. The number of imidazole rings is 1. The number of nitrogens with one attached hydrogen (secondary N) is 1. The summed E-state index contributed by atoms with van der Waals surface area (Å²) in [6.45, 7) is 3.35. The average molecular weight is 458 g/mol. The molecule has 0 fully saturated rings. The number of hydrogen-bond donors (Lipinski definition) is 1. The van der Waals surface area contributed by atoms with Gasteiger partial charge in [-0.15, -0.1) is 0 Å². The Morgan fingerprint density at radius 3 is 2.50 bits per heavy atom. The van der Waals surface area contributed by atoms with Crippen molar-refractivity contribution in [1.29, 1.82) is 0 Å². The van der Waals surface area contributed by atoms with E-state index in [1.807, 2.05) is 24.3 Å². The van der Waals surface area contributed by atoms with E-state index in [-0.39, 0.29) is 17.9 Å². The molecule has 1 heterocycles. The molecular formula is C25H22N4O5. The van der Waals surface area contributed by atoms with Crippen LogP contribution in [0.5, 0.6) is 0 Å². The van der Waals surface area contributed by atoms with Gasteiger partial charge in [0.1, 0.15) is 18.1 Å². The summed E-state index contributed by atoms with van der Waals surface area (Å²) in [5.74, 6) is -0.707. The fourth-order valence-corrected chi connectivity index (χ4v) is 3.69. The van der Waals surface area contributed by atoms with Crippen molar-refractivity contribution >= 4 is 34.3 Å². The number of nitro groups is 1. The maximum absolute atomic E-state index is 13.2. The zero-order valence-corrected chi connectivity index (χ0v) is 18.6. The fourth-order valence-electron chi connectivity index (χ4n) is 3.69. The van der Waals surface area contributed by atoms with Gasteiger partial charge in [0.2, 0.25) is 6.10 Å². The largest absolute Gasteiger partial charge is 0.446 e. The Morgan fingerprint density at radius 2 is 1.76 bits per heavy atom. The molecular weight excluding hydrogens is 436 g/mol. The molecule has 0 aliphatic carbocycles. The standard InChI is InChI=1S/C25H22N4O5/c1-16-12-13-20(22(14-16)29(32)33)27-25(31)24(18-8-4-3-5-9-18)34-23(30)15-28-17(2)26-19-10-6-7-11-21(19)28/h3-14,24H,15H2,1-2H3,(H,27,31). The summed E-state index contributed by atoms with van der Waals surface area (Å²) < 4.78 is 7.31. The van der Waals surface area contributed by atoms with Gasteiger partial charge in [-0.25, -0.2) is 4.98 Å². The molecule has 0 aliphatic heterocycles. The van der Waals surface area contributed by atoms with E-state index < -0.39 is 22.9 Å². The lowest BCUT2D eigenvalue weighted by molar-refractivity contribution is -0.384. The van der Waals surface area contributed by atoms with E-state index in [1.54, 1.807) is 54.8 Å². The van der Waals surface area contributed by atoms with E-state index in [2.05, 4.69) is 10.3 Å². The molecule has 1 aromatic heterocycles. The first-order valence-electron chi connectivity index (χ1n) is 10.6. The van der Waals surface area contributed by atoms with Crippen LogP contribution in [0.15, 0.2) is 72.8 Å². The van der Waals surface area contributed by atoms with E-state index in [9.17, 15) is 19.7 Å². The summed E-state index contributed by atoms with van der Waals surface area (Å²) >= 11 is 0. The van der Waals surface area contributed by atoms with Crippen molar-refractivity contribution in [2.24, 2.45) is 0 Å². The van der Waals surface area contributed by atoms with Gasteiger partial charge < -0.3 is 14.6 Å². The minimum absolute atomic E-state index is 0.0222. The molecule has 172 valence electrons. The van der Waals surface area contributed by atoms with Crippen molar-refractivity contribution in [1.82, 2.24) is 9.55 Å². The first-order valence-corrected chi connectivity index (χ1v) is 10.6. The van der Waals surface area contributed by atoms with Crippen LogP contribution in [0.2, 0.25) is 0 Å². The number of amides is 1. The Bertz CT molecular complexity index is 1380. The van der Waals surface area contributed by atoms with Crippen molar-refractivity contribution < 1.29 is 19.2 Å². The summed E-state index contributed by atoms with van der Waals surface area (Å²) in [6, 6.07) is 20.4. The topological polar surface area (TPSA) is 116 Å². The maximum Gasteiger partial charge on any atom is 0.327 e. The molecule has 0 aliphatic rings. The molecule has 4 aromatic rings. The fraction of sp³-hybridized carbons (Fsp3) is 0.160. The average Bonchev–Trinajstić information content (AvgIpc) is 3.13. The van der Waals surface area contributed by atoms with Gasteiger partial charge in [0.05, 0.1) is 16.0 Å². The van der Waals surface area contributed by atoms with E-state index >= 15 is 0 Å². The number of esters is 1. The Labute approximate surface area is 195 Å². The van der Waals surface area contributed by atoms with Crippen LogP contribution in [-0.2, 0) is 20.9 Å². The number of nitrogens with zero attached hydrogens (tertiary/aromatic N) is 3. The lowest BCUT2D eigenvalue weighted by Crippen LogP contribution is -2.27. The molecule has 34 heavy (non-hydrogen) atoms. The second kappa shape index (κ2) is 9.53. The Morgan fingerprint density at radius 1 is 1.06 bits per heavy atom. The van der Waals surface area contributed by atoms with E-state index in [1.165, 1.54) is 12.1 Å². The molecule has 4 rings (SSSR count). The molecule has 3 aromatic carbocycles. The molecule has 9 nitrogen and oxygen atoms in total. The molecule has 1 amide bonds. The zero-order valence-electron chi connectivity index (χ0n) is 18.6. The van der Waals surface area contributed by atoms with Crippen LogP contribution in [0.3, 0.4) is 0 Å². The zero-order chi connectivity index (χ0) is 24.2. The molecule has 0 radical (unpaired) electrons. The number of ether oxygens (including phenoxy) is 1. The predicted octanol–water partition coefficient (Wildman–Crippen LogP) is 4.48. The third-order valence-corrected chi connectivity index (χ3v) is 5.33. The number of nitro benzene ring substituents is 1. The quantitative estimate of drug-likeness (QED) is 0.248. The minimum Gasteiger partial charge on any atom is -0.446 e.